The second kappa shape index (κ2) is 3.99. The van der Waals surface area contributed by atoms with E-state index in [2.05, 4.69) is 5.10 Å². The molecule has 0 amide bonds. The predicted molar refractivity (Wildman–Crippen MR) is 47.5 cm³/mol. The van der Waals surface area contributed by atoms with Gasteiger partial charge in [-0.15, -0.1) is 0 Å². The molecule has 0 atom stereocenters. The topological polar surface area (TPSA) is 55.1 Å². The Kier molecular flexibility index (Phi) is 3.17. The Labute approximate surface area is 85.7 Å². The Morgan fingerprint density at radius 3 is 2.77 bits per heavy atom. The minimum atomic E-state index is -2.66. The third-order valence-electron chi connectivity index (χ3n) is 1.25. The van der Waals surface area contributed by atoms with Gasteiger partial charge >= 0.3 is 5.97 Å². The molecule has 1 rings (SSSR count). The number of rotatable bonds is 3. The number of halogens is 3. The number of carbonyl (C=O) groups is 1. The van der Waals surface area contributed by atoms with Gasteiger partial charge in [-0.2, -0.15) is 5.10 Å². The van der Waals surface area contributed by atoms with Gasteiger partial charge in [0, 0.05) is 6.20 Å². The van der Waals surface area contributed by atoms with Crippen molar-refractivity contribution in [3.8, 4) is 0 Å². The van der Waals surface area contributed by atoms with Crippen LogP contribution in [0.25, 0.3) is 0 Å². The summed E-state index contributed by atoms with van der Waals surface area (Å²) in [6.07, 6.45) is -1.39. The van der Waals surface area contributed by atoms with Crippen LogP contribution in [0.15, 0.2) is 6.20 Å². The first-order chi connectivity index (χ1) is 6.00. The summed E-state index contributed by atoms with van der Waals surface area (Å²) in [5, 5.41) is 11.8. The Morgan fingerprint density at radius 2 is 2.38 bits per heavy atom. The molecule has 1 N–H and O–H groups in total. The van der Waals surface area contributed by atoms with Crippen LogP contribution in [0.1, 0.15) is 12.1 Å². The third-order valence-corrected chi connectivity index (χ3v) is 2.08. The summed E-state index contributed by atoms with van der Waals surface area (Å²) in [5.74, 6) is -1.11. The number of alkyl halides is 2. The molecule has 0 aliphatic rings. The Bertz CT molecular complexity index is 326. The highest BCUT2D eigenvalue weighted by molar-refractivity contribution is 14.1. The lowest BCUT2D eigenvalue weighted by molar-refractivity contribution is -0.137. The van der Waals surface area contributed by atoms with Crippen LogP contribution in [0.5, 0.6) is 0 Å². The molecule has 0 spiro atoms. The summed E-state index contributed by atoms with van der Waals surface area (Å²) in [6.45, 7) is -0.400. The van der Waals surface area contributed by atoms with Gasteiger partial charge in [0.2, 0.25) is 0 Å². The molecule has 1 aromatic rings. The van der Waals surface area contributed by atoms with E-state index in [1.807, 2.05) is 0 Å². The number of aromatic nitrogens is 2. The van der Waals surface area contributed by atoms with Crippen molar-refractivity contribution in [1.29, 1.82) is 0 Å². The van der Waals surface area contributed by atoms with Crippen molar-refractivity contribution in [2.75, 3.05) is 0 Å². The lowest BCUT2D eigenvalue weighted by Crippen LogP contribution is -2.09. The molecule has 1 heterocycles. The van der Waals surface area contributed by atoms with Crippen molar-refractivity contribution >= 4 is 28.6 Å². The van der Waals surface area contributed by atoms with Crippen LogP contribution >= 0.6 is 22.6 Å². The number of hydrogen-bond donors (Lipinski definition) is 1. The fourth-order valence-electron chi connectivity index (χ4n) is 0.779. The fraction of sp³-hybridized carbons (Fsp3) is 0.333. The summed E-state index contributed by atoms with van der Waals surface area (Å²) in [5.41, 5.74) is -0.373. The van der Waals surface area contributed by atoms with Crippen LogP contribution in [-0.4, -0.2) is 20.9 Å². The Hall–Kier alpha value is -0.730. The minimum absolute atomic E-state index is 0.272. The van der Waals surface area contributed by atoms with Crippen LogP contribution < -0.4 is 0 Å². The lowest BCUT2D eigenvalue weighted by Gasteiger charge is -1.94. The first-order valence-corrected chi connectivity index (χ1v) is 4.31. The highest BCUT2D eigenvalue weighted by atomic mass is 127. The summed E-state index contributed by atoms with van der Waals surface area (Å²) >= 11 is 1.69. The fourth-order valence-corrected chi connectivity index (χ4v) is 1.44. The highest BCUT2D eigenvalue weighted by Crippen LogP contribution is 2.22. The van der Waals surface area contributed by atoms with E-state index in [1.165, 1.54) is 6.20 Å². The molecule has 1 aromatic heterocycles. The van der Waals surface area contributed by atoms with Crippen molar-refractivity contribution in [2.45, 2.75) is 13.0 Å². The van der Waals surface area contributed by atoms with Crippen molar-refractivity contribution in [1.82, 2.24) is 9.78 Å². The van der Waals surface area contributed by atoms with E-state index < -0.39 is 18.9 Å². The van der Waals surface area contributed by atoms with Gasteiger partial charge in [0.15, 0.2) is 0 Å². The zero-order valence-electron chi connectivity index (χ0n) is 6.25. The summed E-state index contributed by atoms with van der Waals surface area (Å²) in [4.78, 5) is 10.2. The van der Waals surface area contributed by atoms with Gasteiger partial charge in [0.05, 0.1) is 3.57 Å². The minimum Gasteiger partial charge on any atom is -0.480 e. The normalized spacial score (nSPS) is 10.8. The van der Waals surface area contributed by atoms with Gasteiger partial charge in [0.1, 0.15) is 12.2 Å². The van der Waals surface area contributed by atoms with Crippen molar-refractivity contribution in [2.24, 2.45) is 0 Å². The van der Waals surface area contributed by atoms with Gasteiger partial charge in [-0.05, 0) is 22.6 Å². The van der Waals surface area contributed by atoms with Crippen LogP contribution in [0.2, 0.25) is 0 Å². The van der Waals surface area contributed by atoms with E-state index in [-0.39, 0.29) is 9.26 Å². The summed E-state index contributed by atoms with van der Waals surface area (Å²) in [6, 6.07) is 0. The van der Waals surface area contributed by atoms with E-state index in [1.54, 1.807) is 22.6 Å². The molecule has 0 fully saturated rings. The Balaban J connectivity index is 2.88. The molecule has 0 radical (unpaired) electrons. The average Bonchev–Trinajstić information content (AvgIpc) is 2.29. The highest BCUT2D eigenvalue weighted by Gasteiger charge is 2.16. The van der Waals surface area contributed by atoms with E-state index >= 15 is 0 Å². The molecule has 72 valence electrons. The molecule has 7 heteroatoms. The molecular formula is C6H5F2IN2O2. The van der Waals surface area contributed by atoms with Gasteiger partial charge in [-0.3, -0.25) is 9.48 Å². The maximum absolute atomic E-state index is 12.2. The molecule has 0 aromatic carbocycles. The summed E-state index contributed by atoms with van der Waals surface area (Å²) < 4.78 is 25.6. The largest absolute Gasteiger partial charge is 0.480 e. The van der Waals surface area contributed by atoms with Gasteiger partial charge in [0.25, 0.3) is 6.43 Å². The van der Waals surface area contributed by atoms with Crippen LogP contribution in [0, 0.1) is 3.57 Å². The second-order valence-electron chi connectivity index (χ2n) is 2.25. The summed E-state index contributed by atoms with van der Waals surface area (Å²) in [7, 11) is 0. The van der Waals surface area contributed by atoms with Crippen molar-refractivity contribution < 1.29 is 18.7 Å². The van der Waals surface area contributed by atoms with Crippen LogP contribution in [0.4, 0.5) is 8.78 Å². The SMILES string of the molecule is O=C(O)Cn1cc(I)c(C(F)F)n1. The van der Waals surface area contributed by atoms with E-state index in [9.17, 15) is 13.6 Å². The number of carboxylic acids is 1. The lowest BCUT2D eigenvalue weighted by atomic mass is 10.5. The molecule has 0 aliphatic carbocycles. The van der Waals surface area contributed by atoms with E-state index in [0.717, 1.165) is 4.68 Å². The number of nitrogens with zero attached hydrogens (tertiary/aromatic N) is 2. The quantitative estimate of drug-likeness (QED) is 0.861. The molecule has 0 saturated heterocycles. The first-order valence-electron chi connectivity index (χ1n) is 3.23. The first kappa shape index (κ1) is 10.4. The van der Waals surface area contributed by atoms with Crippen molar-refractivity contribution in [3.63, 3.8) is 0 Å². The maximum Gasteiger partial charge on any atom is 0.325 e. The number of aliphatic carboxylic acids is 1. The smallest absolute Gasteiger partial charge is 0.325 e. The van der Waals surface area contributed by atoms with Gasteiger partial charge in [-0.25, -0.2) is 8.78 Å². The molecule has 0 bridgehead atoms. The molecule has 0 aliphatic heterocycles. The van der Waals surface area contributed by atoms with Crippen LogP contribution in [-0.2, 0) is 11.3 Å². The Morgan fingerprint density at radius 1 is 1.77 bits per heavy atom. The molecular weight excluding hydrogens is 297 g/mol. The molecule has 4 nitrogen and oxygen atoms in total. The van der Waals surface area contributed by atoms with Crippen molar-refractivity contribution in [3.05, 3.63) is 15.5 Å². The predicted octanol–water partition coefficient (Wildman–Crippen LogP) is 1.51. The van der Waals surface area contributed by atoms with Gasteiger partial charge < -0.3 is 5.11 Å². The zero-order chi connectivity index (χ0) is 10.0. The van der Waals surface area contributed by atoms with E-state index in [4.69, 9.17) is 5.11 Å². The maximum atomic E-state index is 12.2. The standard InChI is InChI=1S/C6H5F2IN2O2/c7-6(8)5-3(9)1-11(10-5)2-4(12)13/h1,6H,2H2,(H,12,13). The molecule has 13 heavy (non-hydrogen) atoms. The average molecular weight is 302 g/mol. The number of carboxylic acid groups (broad SMARTS) is 1. The number of hydrogen-bond acceptors (Lipinski definition) is 2. The monoisotopic (exact) mass is 302 g/mol. The van der Waals surface area contributed by atoms with E-state index in [0.29, 0.717) is 0 Å². The zero-order valence-corrected chi connectivity index (χ0v) is 8.40. The second-order valence-corrected chi connectivity index (χ2v) is 3.42. The van der Waals surface area contributed by atoms with Crippen LogP contribution in [0.3, 0.4) is 0 Å². The third kappa shape index (κ3) is 2.61. The van der Waals surface area contributed by atoms with Gasteiger partial charge in [-0.1, -0.05) is 0 Å². The molecule has 0 saturated carbocycles. The molecule has 0 unspecified atom stereocenters.